The number of rotatable bonds is 3. The van der Waals surface area contributed by atoms with Crippen LogP contribution in [-0.4, -0.2) is 25.7 Å². The zero-order chi connectivity index (χ0) is 16.8. The van der Waals surface area contributed by atoms with Gasteiger partial charge in [-0.2, -0.15) is 0 Å². The van der Waals surface area contributed by atoms with Gasteiger partial charge in [0.25, 0.3) is 15.9 Å². The number of benzene rings is 2. The van der Waals surface area contributed by atoms with Crippen molar-refractivity contribution in [1.29, 1.82) is 0 Å². The Morgan fingerprint density at radius 1 is 1.17 bits per heavy atom. The number of methoxy groups -OCH3 is 1. The molecule has 5 nitrogen and oxygen atoms in total. The fraction of sp³-hybridized carbons (Fsp3) is 0.133. The van der Waals surface area contributed by atoms with E-state index < -0.39 is 21.7 Å². The van der Waals surface area contributed by atoms with E-state index >= 15 is 0 Å². The monoisotopic (exact) mass is 399 g/mol. The molecule has 120 valence electrons. The Morgan fingerprint density at radius 2 is 1.83 bits per heavy atom. The lowest BCUT2D eigenvalue weighted by atomic mass is 10.2. The standard InChI is InChI=1S/C15H11BrFNO4S/c1-22-10-4-2-9(3-5-10)8-18-15(19)11-6-7-12(17)13(16)14(11)23(18,20)21/h2-7H,8H2,1H3. The topological polar surface area (TPSA) is 63.7 Å². The smallest absolute Gasteiger partial charge is 0.269 e. The highest BCUT2D eigenvalue weighted by Gasteiger charge is 2.43. The van der Waals surface area contributed by atoms with Gasteiger partial charge in [0.1, 0.15) is 16.5 Å². The van der Waals surface area contributed by atoms with E-state index in [0.717, 1.165) is 10.4 Å². The highest BCUT2D eigenvalue weighted by atomic mass is 79.9. The number of halogens is 2. The normalized spacial score (nSPS) is 15.6. The minimum Gasteiger partial charge on any atom is -0.497 e. The summed E-state index contributed by atoms with van der Waals surface area (Å²) < 4.78 is 44.3. The van der Waals surface area contributed by atoms with Crippen LogP contribution >= 0.6 is 15.9 Å². The molecule has 0 fully saturated rings. The largest absolute Gasteiger partial charge is 0.497 e. The number of sulfonamides is 1. The zero-order valence-electron chi connectivity index (χ0n) is 11.9. The van der Waals surface area contributed by atoms with Crippen LogP contribution in [-0.2, 0) is 16.6 Å². The average Bonchev–Trinajstić information content (AvgIpc) is 2.72. The van der Waals surface area contributed by atoms with Gasteiger partial charge in [-0.15, -0.1) is 0 Å². The van der Waals surface area contributed by atoms with Crippen LogP contribution in [0.25, 0.3) is 0 Å². The Kier molecular flexibility index (Phi) is 3.89. The molecule has 0 radical (unpaired) electrons. The van der Waals surface area contributed by atoms with Crippen LogP contribution in [0.4, 0.5) is 4.39 Å². The Bertz CT molecular complexity index is 896. The molecule has 1 amide bonds. The molecule has 3 rings (SSSR count). The van der Waals surface area contributed by atoms with Crippen LogP contribution in [0.15, 0.2) is 45.8 Å². The predicted molar refractivity (Wildman–Crippen MR) is 84.2 cm³/mol. The molecule has 2 aromatic carbocycles. The van der Waals surface area contributed by atoms with Gasteiger partial charge in [-0.25, -0.2) is 17.1 Å². The molecule has 0 bridgehead atoms. The molecule has 8 heteroatoms. The molecular formula is C15H11BrFNO4S. The van der Waals surface area contributed by atoms with Crippen molar-refractivity contribution in [3.05, 3.63) is 57.8 Å². The highest BCUT2D eigenvalue weighted by Crippen LogP contribution is 2.38. The van der Waals surface area contributed by atoms with Crippen molar-refractivity contribution in [3.8, 4) is 5.75 Å². The van der Waals surface area contributed by atoms with E-state index in [1.54, 1.807) is 24.3 Å². The average molecular weight is 400 g/mol. The lowest BCUT2D eigenvalue weighted by Gasteiger charge is -2.15. The van der Waals surface area contributed by atoms with Gasteiger partial charge in [0, 0.05) is 0 Å². The summed E-state index contributed by atoms with van der Waals surface area (Å²) >= 11 is 2.92. The molecule has 1 heterocycles. The number of carbonyl (C=O) groups excluding carboxylic acids is 1. The molecule has 1 aliphatic heterocycles. The first-order valence-electron chi connectivity index (χ1n) is 6.54. The van der Waals surface area contributed by atoms with Crippen LogP contribution in [0.5, 0.6) is 5.75 Å². The van der Waals surface area contributed by atoms with Gasteiger partial charge in [0.15, 0.2) is 0 Å². The second-order valence-corrected chi connectivity index (χ2v) is 7.50. The fourth-order valence-electron chi connectivity index (χ4n) is 2.36. The number of carbonyl (C=O) groups is 1. The molecule has 0 N–H and O–H groups in total. The summed E-state index contributed by atoms with van der Waals surface area (Å²) in [4.78, 5) is 12.1. The first-order chi connectivity index (χ1) is 10.9. The van der Waals surface area contributed by atoms with Gasteiger partial charge in [-0.05, 0) is 45.8 Å². The summed E-state index contributed by atoms with van der Waals surface area (Å²) in [7, 11) is -2.58. The first kappa shape index (κ1) is 15.9. The second kappa shape index (κ2) is 5.61. The fourth-order valence-corrected chi connectivity index (χ4v) is 4.93. The van der Waals surface area contributed by atoms with Crippen molar-refractivity contribution in [1.82, 2.24) is 4.31 Å². The Morgan fingerprint density at radius 3 is 2.43 bits per heavy atom. The quantitative estimate of drug-likeness (QED) is 0.795. The van der Waals surface area contributed by atoms with Crippen LogP contribution in [0.3, 0.4) is 0 Å². The molecule has 23 heavy (non-hydrogen) atoms. The lowest BCUT2D eigenvalue weighted by Crippen LogP contribution is -2.29. The van der Waals surface area contributed by atoms with Crippen LogP contribution in [0.2, 0.25) is 0 Å². The SMILES string of the molecule is COc1ccc(CN2C(=O)c3ccc(F)c(Br)c3S2(=O)=O)cc1. The number of ether oxygens (including phenoxy) is 1. The van der Waals surface area contributed by atoms with E-state index in [1.807, 2.05) is 0 Å². The van der Waals surface area contributed by atoms with Crippen molar-refractivity contribution in [2.45, 2.75) is 11.4 Å². The maximum Gasteiger partial charge on any atom is 0.269 e. The summed E-state index contributed by atoms with van der Waals surface area (Å²) in [6, 6.07) is 8.92. The molecule has 0 aromatic heterocycles. The molecule has 1 aliphatic rings. The van der Waals surface area contributed by atoms with Gasteiger partial charge in [0.05, 0.1) is 23.7 Å². The molecule has 0 spiro atoms. The number of fused-ring (bicyclic) bond motifs is 1. The van der Waals surface area contributed by atoms with Gasteiger partial charge in [-0.1, -0.05) is 12.1 Å². The third-order valence-electron chi connectivity index (χ3n) is 3.54. The Balaban J connectivity index is 2.02. The number of nitrogens with zero attached hydrogens (tertiary/aromatic N) is 1. The summed E-state index contributed by atoms with van der Waals surface area (Å²) in [5.74, 6) is -0.777. The maximum absolute atomic E-state index is 13.6. The minimum absolute atomic E-state index is 0.0354. The Labute approximate surface area is 140 Å². The van der Waals surface area contributed by atoms with E-state index in [-0.39, 0.29) is 21.5 Å². The van der Waals surface area contributed by atoms with Gasteiger partial charge >= 0.3 is 0 Å². The maximum atomic E-state index is 13.6. The minimum atomic E-state index is -4.10. The van der Waals surface area contributed by atoms with E-state index in [9.17, 15) is 17.6 Å². The van der Waals surface area contributed by atoms with Crippen molar-refractivity contribution in [3.63, 3.8) is 0 Å². The van der Waals surface area contributed by atoms with E-state index in [4.69, 9.17) is 4.74 Å². The number of amides is 1. The predicted octanol–water partition coefficient (Wildman–Crippen LogP) is 2.94. The zero-order valence-corrected chi connectivity index (χ0v) is 14.3. The highest BCUT2D eigenvalue weighted by molar-refractivity contribution is 9.10. The molecule has 0 aliphatic carbocycles. The number of hydrogen-bond acceptors (Lipinski definition) is 4. The van der Waals surface area contributed by atoms with Gasteiger partial charge in [-0.3, -0.25) is 4.79 Å². The summed E-state index contributed by atoms with van der Waals surface area (Å²) in [5.41, 5.74) is 0.582. The molecular weight excluding hydrogens is 389 g/mol. The van der Waals surface area contributed by atoms with Crippen molar-refractivity contribution >= 4 is 31.9 Å². The molecule has 0 unspecified atom stereocenters. The Hall–Kier alpha value is -1.93. The van der Waals surface area contributed by atoms with Crippen molar-refractivity contribution in [2.75, 3.05) is 7.11 Å². The molecule has 0 atom stereocenters. The van der Waals surface area contributed by atoms with Crippen LogP contribution in [0, 0.1) is 5.82 Å². The molecule has 0 saturated heterocycles. The number of hydrogen-bond donors (Lipinski definition) is 0. The van der Waals surface area contributed by atoms with Gasteiger partial charge < -0.3 is 4.74 Å². The van der Waals surface area contributed by atoms with E-state index in [1.165, 1.54) is 13.2 Å². The van der Waals surface area contributed by atoms with E-state index in [2.05, 4.69) is 15.9 Å². The van der Waals surface area contributed by atoms with Crippen molar-refractivity contribution in [2.24, 2.45) is 0 Å². The molecule has 2 aromatic rings. The van der Waals surface area contributed by atoms with Crippen molar-refractivity contribution < 1.29 is 22.3 Å². The third-order valence-corrected chi connectivity index (χ3v) is 6.39. The van der Waals surface area contributed by atoms with Gasteiger partial charge in [0.2, 0.25) is 0 Å². The first-order valence-corrected chi connectivity index (χ1v) is 8.77. The lowest BCUT2D eigenvalue weighted by molar-refractivity contribution is 0.0865. The third kappa shape index (κ3) is 2.51. The van der Waals surface area contributed by atoms with E-state index in [0.29, 0.717) is 11.3 Å². The van der Waals surface area contributed by atoms with Crippen LogP contribution < -0.4 is 4.74 Å². The summed E-state index contributed by atoms with van der Waals surface area (Å²) in [6.07, 6.45) is 0. The summed E-state index contributed by atoms with van der Waals surface area (Å²) in [5, 5.41) is 0. The summed E-state index contributed by atoms with van der Waals surface area (Å²) in [6.45, 7) is -0.131. The second-order valence-electron chi connectivity index (χ2n) is 4.90. The molecule has 0 saturated carbocycles. The van der Waals surface area contributed by atoms with Crippen LogP contribution in [0.1, 0.15) is 15.9 Å².